The van der Waals surface area contributed by atoms with Gasteiger partial charge in [0.25, 0.3) is 5.91 Å². The van der Waals surface area contributed by atoms with Gasteiger partial charge in [-0.05, 0) is 37.6 Å². The number of amides is 1. The Morgan fingerprint density at radius 2 is 1.68 bits per heavy atom. The van der Waals surface area contributed by atoms with E-state index in [-0.39, 0.29) is 10.5 Å². The number of hydrazone groups is 1. The van der Waals surface area contributed by atoms with Crippen LogP contribution in [0.5, 0.6) is 0 Å². The van der Waals surface area contributed by atoms with Crippen molar-refractivity contribution < 1.29 is 13.2 Å². The van der Waals surface area contributed by atoms with Crippen LogP contribution in [0.25, 0.3) is 0 Å². The number of carbonyl (C=O) groups is 1. The van der Waals surface area contributed by atoms with E-state index in [0.717, 1.165) is 15.4 Å². The Labute approximate surface area is 148 Å². The second-order valence-electron chi connectivity index (χ2n) is 5.82. The van der Waals surface area contributed by atoms with E-state index >= 15 is 0 Å². The number of nitrogens with one attached hydrogen (secondary N) is 1. The molecule has 0 spiro atoms. The molecule has 0 unspecified atom stereocenters. The highest BCUT2D eigenvalue weighted by atomic mass is 32.2. The van der Waals surface area contributed by atoms with Crippen LogP contribution in [0.15, 0.2) is 58.5 Å². The molecule has 25 heavy (non-hydrogen) atoms. The minimum Gasteiger partial charge on any atom is -0.267 e. The van der Waals surface area contributed by atoms with E-state index in [2.05, 4.69) is 10.5 Å². The van der Waals surface area contributed by atoms with Crippen LogP contribution in [0.3, 0.4) is 0 Å². The SMILES string of the molecule is C/C(=N/NC(=O)c1cccc(S(=O)(=O)N(C)C)c1)c1ccc(C)cc1. The summed E-state index contributed by atoms with van der Waals surface area (Å²) < 4.78 is 25.4. The molecule has 7 heteroatoms. The highest BCUT2D eigenvalue weighted by Crippen LogP contribution is 2.15. The Bertz CT molecular complexity index is 901. The van der Waals surface area contributed by atoms with Gasteiger partial charge in [-0.3, -0.25) is 4.79 Å². The van der Waals surface area contributed by atoms with Crippen LogP contribution in [0.4, 0.5) is 0 Å². The van der Waals surface area contributed by atoms with E-state index in [0.29, 0.717) is 5.71 Å². The molecule has 0 atom stereocenters. The maximum absolute atomic E-state index is 12.3. The first kappa shape index (κ1) is 18.8. The fourth-order valence-electron chi connectivity index (χ4n) is 2.07. The van der Waals surface area contributed by atoms with Gasteiger partial charge in [0.2, 0.25) is 10.0 Å². The highest BCUT2D eigenvalue weighted by Gasteiger charge is 2.18. The summed E-state index contributed by atoms with van der Waals surface area (Å²) in [5.41, 5.74) is 5.38. The molecule has 0 aliphatic heterocycles. The Hall–Kier alpha value is -2.51. The summed E-state index contributed by atoms with van der Waals surface area (Å²) in [5.74, 6) is -0.470. The molecule has 6 nitrogen and oxygen atoms in total. The summed E-state index contributed by atoms with van der Waals surface area (Å²) in [6.07, 6.45) is 0. The Balaban J connectivity index is 2.19. The molecule has 132 valence electrons. The Morgan fingerprint density at radius 3 is 2.28 bits per heavy atom. The predicted octanol–water partition coefficient (Wildman–Crippen LogP) is 2.40. The van der Waals surface area contributed by atoms with Crippen LogP contribution in [0.1, 0.15) is 28.4 Å². The summed E-state index contributed by atoms with van der Waals surface area (Å²) in [4.78, 5) is 12.3. The average molecular weight is 359 g/mol. The lowest BCUT2D eigenvalue weighted by atomic mass is 10.1. The van der Waals surface area contributed by atoms with Crippen molar-refractivity contribution in [2.75, 3.05) is 14.1 Å². The molecule has 0 aliphatic rings. The van der Waals surface area contributed by atoms with Gasteiger partial charge in [0.05, 0.1) is 10.6 Å². The maximum Gasteiger partial charge on any atom is 0.271 e. The molecule has 1 N–H and O–H groups in total. The number of sulfonamides is 1. The van der Waals surface area contributed by atoms with Crippen molar-refractivity contribution in [3.05, 3.63) is 65.2 Å². The second kappa shape index (κ2) is 7.58. The molecule has 2 aromatic carbocycles. The van der Waals surface area contributed by atoms with Crippen molar-refractivity contribution in [3.63, 3.8) is 0 Å². The predicted molar refractivity (Wildman–Crippen MR) is 98.2 cm³/mol. The number of nitrogens with zero attached hydrogens (tertiary/aromatic N) is 2. The normalized spacial score (nSPS) is 12.3. The molecular formula is C18H21N3O3S. The molecule has 0 saturated heterocycles. The number of hydrogen-bond donors (Lipinski definition) is 1. The number of aryl methyl sites for hydroxylation is 1. The molecule has 0 aromatic heterocycles. The molecule has 1 amide bonds. The van der Waals surface area contributed by atoms with Crippen LogP contribution in [-0.4, -0.2) is 38.4 Å². The van der Waals surface area contributed by atoms with Gasteiger partial charge in [0.15, 0.2) is 0 Å². The van der Waals surface area contributed by atoms with E-state index in [1.54, 1.807) is 13.0 Å². The number of hydrogen-bond acceptors (Lipinski definition) is 4. The molecule has 0 heterocycles. The van der Waals surface area contributed by atoms with Crippen LogP contribution in [0, 0.1) is 6.92 Å². The molecule has 0 aliphatic carbocycles. The molecule has 0 bridgehead atoms. The summed E-state index contributed by atoms with van der Waals surface area (Å²) in [7, 11) is -0.710. The number of carbonyl (C=O) groups excluding carboxylic acids is 1. The van der Waals surface area contributed by atoms with Gasteiger partial charge in [0.1, 0.15) is 0 Å². The maximum atomic E-state index is 12.3. The Kier molecular flexibility index (Phi) is 5.71. The van der Waals surface area contributed by atoms with E-state index in [1.807, 2.05) is 31.2 Å². The standard InChI is InChI=1S/C18H21N3O3S/c1-13-8-10-15(11-9-13)14(2)19-20-18(22)16-6-5-7-17(12-16)25(23,24)21(3)4/h5-12H,1-4H3,(H,20,22)/b19-14-. The molecule has 0 saturated carbocycles. The molecule has 2 aromatic rings. The minimum atomic E-state index is -3.59. The van der Waals surface area contributed by atoms with Crippen molar-refractivity contribution in [1.29, 1.82) is 0 Å². The van der Waals surface area contributed by atoms with Gasteiger partial charge in [-0.2, -0.15) is 5.10 Å². The van der Waals surface area contributed by atoms with Gasteiger partial charge < -0.3 is 0 Å². The van der Waals surface area contributed by atoms with Crippen molar-refractivity contribution in [2.24, 2.45) is 5.10 Å². The van der Waals surface area contributed by atoms with Crippen molar-refractivity contribution in [1.82, 2.24) is 9.73 Å². The monoisotopic (exact) mass is 359 g/mol. The minimum absolute atomic E-state index is 0.0596. The third kappa shape index (κ3) is 4.52. The lowest BCUT2D eigenvalue weighted by molar-refractivity contribution is 0.0954. The largest absolute Gasteiger partial charge is 0.271 e. The van der Waals surface area contributed by atoms with Crippen molar-refractivity contribution in [2.45, 2.75) is 18.7 Å². The van der Waals surface area contributed by atoms with E-state index in [9.17, 15) is 13.2 Å². The van der Waals surface area contributed by atoms with Crippen LogP contribution >= 0.6 is 0 Å². The average Bonchev–Trinajstić information content (AvgIpc) is 2.60. The lowest BCUT2D eigenvalue weighted by Crippen LogP contribution is -2.23. The fraction of sp³-hybridized carbons (Fsp3) is 0.222. The number of benzene rings is 2. The van der Waals surface area contributed by atoms with Gasteiger partial charge in [-0.1, -0.05) is 35.9 Å². The third-order valence-electron chi connectivity index (χ3n) is 3.67. The van der Waals surface area contributed by atoms with E-state index in [1.165, 1.54) is 32.3 Å². The zero-order valence-electron chi connectivity index (χ0n) is 14.6. The van der Waals surface area contributed by atoms with Crippen LogP contribution in [-0.2, 0) is 10.0 Å². The fourth-order valence-corrected chi connectivity index (χ4v) is 3.02. The van der Waals surface area contributed by atoms with Gasteiger partial charge in [-0.25, -0.2) is 18.1 Å². The zero-order valence-corrected chi connectivity index (χ0v) is 15.5. The third-order valence-corrected chi connectivity index (χ3v) is 5.48. The summed E-state index contributed by atoms with van der Waals surface area (Å²) in [6, 6.07) is 13.6. The van der Waals surface area contributed by atoms with Crippen LogP contribution < -0.4 is 5.43 Å². The van der Waals surface area contributed by atoms with Crippen LogP contribution in [0.2, 0.25) is 0 Å². The molecule has 2 rings (SSSR count). The first-order chi connectivity index (χ1) is 11.7. The smallest absolute Gasteiger partial charge is 0.267 e. The topological polar surface area (TPSA) is 78.8 Å². The first-order valence-corrected chi connectivity index (χ1v) is 9.10. The van der Waals surface area contributed by atoms with Crippen molar-refractivity contribution in [3.8, 4) is 0 Å². The van der Waals surface area contributed by atoms with E-state index in [4.69, 9.17) is 0 Å². The number of rotatable bonds is 5. The van der Waals surface area contributed by atoms with E-state index < -0.39 is 15.9 Å². The van der Waals surface area contributed by atoms with Crippen molar-refractivity contribution >= 4 is 21.6 Å². The molecule has 0 fully saturated rings. The van der Waals surface area contributed by atoms with Gasteiger partial charge in [-0.15, -0.1) is 0 Å². The molecule has 0 radical (unpaired) electrons. The molecular weight excluding hydrogens is 338 g/mol. The second-order valence-corrected chi connectivity index (χ2v) is 7.97. The van der Waals surface area contributed by atoms with Gasteiger partial charge in [0, 0.05) is 19.7 Å². The summed E-state index contributed by atoms with van der Waals surface area (Å²) >= 11 is 0. The zero-order chi connectivity index (χ0) is 18.6. The Morgan fingerprint density at radius 1 is 1.04 bits per heavy atom. The summed E-state index contributed by atoms with van der Waals surface area (Å²) in [6.45, 7) is 3.78. The van der Waals surface area contributed by atoms with Gasteiger partial charge >= 0.3 is 0 Å². The first-order valence-electron chi connectivity index (χ1n) is 7.66. The highest BCUT2D eigenvalue weighted by molar-refractivity contribution is 7.89. The summed E-state index contributed by atoms with van der Waals surface area (Å²) in [5, 5.41) is 4.08. The lowest BCUT2D eigenvalue weighted by Gasteiger charge is -2.12. The quantitative estimate of drug-likeness (QED) is 0.658.